The predicted molar refractivity (Wildman–Crippen MR) is 139 cm³/mol. The molecule has 1 saturated heterocycles. The summed E-state index contributed by atoms with van der Waals surface area (Å²) in [6.45, 7) is 2.09. The number of hydrogen-bond acceptors (Lipinski definition) is 6. The van der Waals surface area contributed by atoms with E-state index in [9.17, 15) is 19.2 Å². The van der Waals surface area contributed by atoms with Gasteiger partial charge in [0.25, 0.3) is 11.8 Å². The lowest BCUT2D eigenvalue weighted by Gasteiger charge is -2.26. The van der Waals surface area contributed by atoms with Crippen molar-refractivity contribution in [2.45, 2.75) is 13.5 Å². The number of urea groups is 1. The number of anilines is 1. The molecule has 8 nitrogen and oxygen atoms in total. The Balaban J connectivity index is 1.62. The van der Waals surface area contributed by atoms with Crippen molar-refractivity contribution in [2.24, 2.45) is 0 Å². The van der Waals surface area contributed by atoms with Crippen molar-refractivity contribution < 1.29 is 28.7 Å². The Bertz CT molecular complexity index is 1400. The van der Waals surface area contributed by atoms with Gasteiger partial charge in [-0.3, -0.25) is 14.9 Å². The zero-order chi connectivity index (χ0) is 26.5. The number of hydrogen-bond donors (Lipinski definition) is 1. The van der Waals surface area contributed by atoms with E-state index >= 15 is 0 Å². The quantitative estimate of drug-likeness (QED) is 0.245. The molecule has 1 aliphatic heterocycles. The normalized spacial score (nSPS) is 14.5. The molecule has 0 aliphatic carbocycles. The molecule has 1 heterocycles. The molecular weight excluding hydrogens is 519 g/mol. The molecular formula is C27H20Cl2N2O6. The Morgan fingerprint density at radius 2 is 1.62 bits per heavy atom. The van der Waals surface area contributed by atoms with Crippen molar-refractivity contribution in [3.8, 4) is 5.75 Å². The largest absolute Gasteiger partial charge is 0.488 e. The van der Waals surface area contributed by atoms with E-state index in [1.165, 1.54) is 30.3 Å². The van der Waals surface area contributed by atoms with Gasteiger partial charge in [0.05, 0.1) is 17.9 Å². The minimum atomic E-state index is -0.915. The molecule has 0 spiro atoms. The number of nitrogens with zero attached hydrogens (tertiary/aromatic N) is 1. The van der Waals surface area contributed by atoms with Gasteiger partial charge in [0, 0.05) is 15.6 Å². The van der Waals surface area contributed by atoms with E-state index in [-0.39, 0.29) is 30.0 Å². The number of esters is 1. The molecule has 0 bridgehead atoms. The monoisotopic (exact) mass is 538 g/mol. The minimum Gasteiger partial charge on any atom is -0.488 e. The van der Waals surface area contributed by atoms with Crippen LogP contribution in [-0.2, 0) is 20.9 Å². The number of halogens is 2. The summed E-state index contributed by atoms with van der Waals surface area (Å²) in [5, 5.41) is 3.12. The zero-order valence-corrected chi connectivity index (χ0v) is 21.0. The second-order valence-corrected chi connectivity index (χ2v) is 8.70. The number of nitrogens with one attached hydrogen (secondary N) is 1. The second kappa shape index (κ2) is 11.3. The fourth-order valence-corrected chi connectivity index (χ4v) is 3.82. The van der Waals surface area contributed by atoms with Crippen molar-refractivity contribution in [1.82, 2.24) is 5.32 Å². The number of carbonyl (C=O) groups excluding carboxylic acids is 4. The summed E-state index contributed by atoms with van der Waals surface area (Å²) in [6, 6.07) is 16.6. The Hall–Kier alpha value is -4.14. The fourth-order valence-electron chi connectivity index (χ4n) is 3.51. The minimum absolute atomic E-state index is 0.166. The van der Waals surface area contributed by atoms with E-state index in [0.717, 1.165) is 10.5 Å². The van der Waals surface area contributed by atoms with Crippen molar-refractivity contribution in [2.75, 3.05) is 11.5 Å². The molecule has 0 atom stereocenters. The Kier molecular flexibility index (Phi) is 7.91. The highest BCUT2D eigenvalue weighted by Gasteiger charge is 2.37. The van der Waals surface area contributed by atoms with Gasteiger partial charge in [-0.2, -0.15) is 0 Å². The maximum absolute atomic E-state index is 13.3. The van der Waals surface area contributed by atoms with Gasteiger partial charge in [-0.15, -0.1) is 0 Å². The van der Waals surface area contributed by atoms with Gasteiger partial charge in [0.1, 0.15) is 17.9 Å². The van der Waals surface area contributed by atoms with Gasteiger partial charge in [-0.05, 0) is 73.2 Å². The molecule has 0 radical (unpaired) electrons. The van der Waals surface area contributed by atoms with E-state index in [1.807, 2.05) is 12.1 Å². The average molecular weight is 539 g/mol. The van der Waals surface area contributed by atoms with Gasteiger partial charge in [0.2, 0.25) is 0 Å². The molecule has 4 amide bonds. The zero-order valence-electron chi connectivity index (χ0n) is 19.5. The van der Waals surface area contributed by atoms with Crippen LogP contribution in [0.4, 0.5) is 10.5 Å². The number of benzene rings is 3. The first kappa shape index (κ1) is 25.9. The van der Waals surface area contributed by atoms with Crippen molar-refractivity contribution in [3.63, 3.8) is 0 Å². The summed E-state index contributed by atoms with van der Waals surface area (Å²) in [5.74, 6) is -1.87. The number of imide groups is 2. The fraction of sp³-hybridized carbons (Fsp3) is 0.111. The molecule has 3 aromatic rings. The van der Waals surface area contributed by atoms with Gasteiger partial charge in [-0.1, -0.05) is 35.3 Å². The third-order valence-electron chi connectivity index (χ3n) is 5.32. The molecule has 0 saturated carbocycles. The Morgan fingerprint density at radius 3 is 2.30 bits per heavy atom. The lowest BCUT2D eigenvalue weighted by atomic mass is 10.1. The standard InChI is InChI=1S/C27H20Cl2N2O6/c1-2-36-26(34)17-5-10-21(11-6-17)31-25(33)22(24(32)30-27(31)35)14-18-13-20(29)9-12-23(18)37-15-16-3-7-19(28)8-4-16/h3-14H,2,15H2,1H3,(H,30,32,35)/b22-14+. The van der Waals surface area contributed by atoms with Crippen LogP contribution in [0.3, 0.4) is 0 Å². The van der Waals surface area contributed by atoms with Crippen LogP contribution in [0.1, 0.15) is 28.4 Å². The second-order valence-electron chi connectivity index (χ2n) is 7.82. The highest BCUT2D eigenvalue weighted by atomic mass is 35.5. The van der Waals surface area contributed by atoms with E-state index in [1.54, 1.807) is 37.3 Å². The molecule has 3 aromatic carbocycles. The smallest absolute Gasteiger partial charge is 0.338 e. The third-order valence-corrected chi connectivity index (χ3v) is 5.80. The van der Waals surface area contributed by atoms with Gasteiger partial charge >= 0.3 is 12.0 Å². The molecule has 10 heteroatoms. The molecule has 0 aromatic heterocycles. The Morgan fingerprint density at radius 1 is 0.946 bits per heavy atom. The first-order chi connectivity index (χ1) is 17.8. The van der Waals surface area contributed by atoms with Crippen LogP contribution >= 0.6 is 23.2 Å². The van der Waals surface area contributed by atoms with E-state index < -0.39 is 23.8 Å². The number of barbiturate groups is 1. The van der Waals surface area contributed by atoms with Crippen molar-refractivity contribution in [1.29, 1.82) is 0 Å². The molecule has 4 rings (SSSR count). The van der Waals surface area contributed by atoms with Crippen LogP contribution in [0.5, 0.6) is 5.75 Å². The lowest BCUT2D eigenvalue weighted by Crippen LogP contribution is -2.54. The first-order valence-corrected chi connectivity index (χ1v) is 11.9. The van der Waals surface area contributed by atoms with Crippen molar-refractivity contribution >= 4 is 58.8 Å². The predicted octanol–water partition coefficient (Wildman–Crippen LogP) is 5.42. The van der Waals surface area contributed by atoms with E-state index in [4.69, 9.17) is 32.7 Å². The van der Waals surface area contributed by atoms with Crippen LogP contribution in [0.2, 0.25) is 10.0 Å². The van der Waals surface area contributed by atoms with Crippen LogP contribution in [0.15, 0.2) is 72.3 Å². The maximum Gasteiger partial charge on any atom is 0.338 e. The lowest BCUT2D eigenvalue weighted by molar-refractivity contribution is -0.122. The summed E-state index contributed by atoms with van der Waals surface area (Å²) in [6.07, 6.45) is 1.31. The molecule has 37 heavy (non-hydrogen) atoms. The summed E-state index contributed by atoms with van der Waals surface area (Å²) in [4.78, 5) is 51.2. The number of amides is 4. The summed E-state index contributed by atoms with van der Waals surface area (Å²) in [5.41, 5.74) is 1.34. The number of rotatable bonds is 7. The molecule has 1 N–H and O–H groups in total. The van der Waals surface area contributed by atoms with E-state index in [0.29, 0.717) is 21.4 Å². The molecule has 1 fully saturated rings. The maximum atomic E-state index is 13.3. The van der Waals surface area contributed by atoms with E-state index in [2.05, 4.69) is 5.32 Å². The van der Waals surface area contributed by atoms with Crippen LogP contribution < -0.4 is 15.0 Å². The van der Waals surface area contributed by atoms with Crippen LogP contribution in [0.25, 0.3) is 6.08 Å². The van der Waals surface area contributed by atoms with Crippen LogP contribution in [0, 0.1) is 0 Å². The summed E-state index contributed by atoms with van der Waals surface area (Å²) < 4.78 is 10.9. The molecule has 188 valence electrons. The first-order valence-electron chi connectivity index (χ1n) is 11.1. The van der Waals surface area contributed by atoms with Gasteiger partial charge in [-0.25, -0.2) is 14.5 Å². The number of carbonyl (C=O) groups is 4. The molecule has 1 aliphatic rings. The SMILES string of the molecule is CCOC(=O)c1ccc(N2C(=O)NC(=O)/C(=C\c3cc(Cl)ccc3OCc3ccc(Cl)cc3)C2=O)cc1. The van der Waals surface area contributed by atoms with Gasteiger partial charge < -0.3 is 9.47 Å². The van der Waals surface area contributed by atoms with Gasteiger partial charge in [0.15, 0.2) is 0 Å². The van der Waals surface area contributed by atoms with Crippen LogP contribution in [-0.4, -0.2) is 30.4 Å². The third kappa shape index (κ3) is 5.99. The highest BCUT2D eigenvalue weighted by molar-refractivity contribution is 6.39. The topological polar surface area (TPSA) is 102 Å². The summed E-state index contributed by atoms with van der Waals surface area (Å²) >= 11 is 12.1. The average Bonchev–Trinajstić information content (AvgIpc) is 2.87. The Labute approximate surface area is 222 Å². The molecule has 0 unspecified atom stereocenters. The highest BCUT2D eigenvalue weighted by Crippen LogP contribution is 2.29. The number of ether oxygens (including phenoxy) is 2. The summed E-state index contributed by atoms with van der Waals surface area (Å²) in [7, 11) is 0. The van der Waals surface area contributed by atoms with Crippen molar-refractivity contribution in [3.05, 3.63) is 99.0 Å².